The molecule has 3 N–H and O–H groups in total. The van der Waals surface area contributed by atoms with Gasteiger partial charge in [-0.05, 0) is 24.1 Å². The summed E-state index contributed by atoms with van der Waals surface area (Å²) in [7, 11) is 1.61. The monoisotopic (exact) mass is 260 g/mol. The van der Waals surface area contributed by atoms with Crippen molar-refractivity contribution in [1.29, 1.82) is 0 Å². The van der Waals surface area contributed by atoms with E-state index in [2.05, 4.69) is 20.0 Å². The van der Waals surface area contributed by atoms with Crippen LogP contribution in [0, 0.1) is 0 Å². The number of carbonyl (C=O) groups excluding carboxylic acids is 1. The number of thioether (sulfide) groups is 1. The second-order valence-corrected chi connectivity index (χ2v) is 5.09. The number of rotatable bonds is 7. The molecule has 1 heterocycles. The van der Waals surface area contributed by atoms with E-state index in [1.165, 1.54) is 17.6 Å². The van der Waals surface area contributed by atoms with Crippen LogP contribution in [-0.4, -0.2) is 40.3 Å². The number of nitrogens with one attached hydrogen (secondary N) is 3. The van der Waals surface area contributed by atoms with Gasteiger partial charge in [0.25, 0.3) is 0 Å². The number of urea groups is 1. The van der Waals surface area contributed by atoms with Crippen LogP contribution >= 0.6 is 23.7 Å². The number of aromatic nitrogens is 2. The molecular weight excluding hydrogens is 244 g/mol. The molecule has 0 radical (unpaired) electrons. The van der Waals surface area contributed by atoms with Crippen LogP contribution in [0.4, 0.5) is 4.79 Å². The van der Waals surface area contributed by atoms with Crippen molar-refractivity contribution in [2.75, 3.05) is 24.3 Å². The number of aryl methyl sites for hydroxylation is 1. The van der Waals surface area contributed by atoms with E-state index in [1.807, 2.05) is 18.0 Å². The first-order chi connectivity index (χ1) is 7.83. The molecule has 0 bridgehead atoms. The average molecular weight is 260 g/mol. The molecule has 0 fully saturated rings. The number of carbonyl (C=O) groups is 1. The van der Waals surface area contributed by atoms with E-state index in [-0.39, 0.29) is 6.03 Å². The summed E-state index contributed by atoms with van der Waals surface area (Å²) in [6.45, 7) is 0. The molecule has 0 aliphatic rings. The van der Waals surface area contributed by atoms with Crippen molar-refractivity contribution < 1.29 is 4.79 Å². The lowest BCUT2D eigenvalue weighted by molar-refractivity contribution is 0.248. The molecule has 0 aromatic carbocycles. The van der Waals surface area contributed by atoms with Gasteiger partial charge in [-0.25, -0.2) is 9.78 Å². The van der Waals surface area contributed by atoms with Gasteiger partial charge >= 0.3 is 6.03 Å². The maximum Gasteiger partial charge on any atom is 0.324 e. The lowest BCUT2D eigenvalue weighted by atomic mass is 10.4. The highest BCUT2D eigenvalue weighted by molar-refractivity contribution is 8.02. The van der Waals surface area contributed by atoms with E-state index in [0.717, 1.165) is 23.7 Å². The Kier molecular flexibility index (Phi) is 6.91. The molecule has 16 heavy (non-hydrogen) atoms. The van der Waals surface area contributed by atoms with E-state index in [9.17, 15) is 4.79 Å². The third-order valence-corrected chi connectivity index (χ3v) is 3.77. The highest BCUT2D eigenvalue weighted by atomic mass is 32.2. The van der Waals surface area contributed by atoms with Crippen LogP contribution in [0.3, 0.4) is 0 Å². The Morgan fingerprint density at radius 3 is 3.06 bits per heavy atom. The Morgan fingerprint density at radius 1 is 1.50 bits per heavy atom. The number of hydrogen-bond donors (Lipinski definition) is 3. The third-order valence-electron chi connectivity index (χ3n) is 1.79. The van der Waals surface area contributed by atoms with E-state index >= 15 is 0 Å². The second-order valence-electron chi connectivity index (χ2n) is 2.97. The molecular formula is C9H16N4OS2. The summed E-state index contributed by atoms with van der Waals surface area (Å²) in [5.41, 5.74) is 1.17. The molecule has 0 aliphatic heterocycles. The lowest BCUT2D eigenvalue weighted by Gasteiger charge is -2.02. The molecule has 0 aliphatic carbocycles. The SMILES string of the molecule is CNC(=O)NSCCSCCc1cnc[nH]1. The normalized spacial score (nSPS) is 10.1. The summed E-state index contributed by atoms with van der Waals surface area (Å²) in [4.78, 5) is 17.8. The number of amides is 2. The minimum absolute atomic E-state index is 0.146. The van der Waals surface area contributed by atoms with Crippen molar-refractivity contribution in [3.63, 3.8) is 0 Å². The standard InChI is InChI=1S/C9H16N4OS2/c1-10-9(14)13-16-5-4-15-3-2-8-6-11-7-12-8/h6-7H,2-5H2,1H3,(H,11,12)(H2,10,13,14). The predicted molar refractivity (Wildman–Crippen MR) is 69.7 cm³/mol. The highest BCUT2D eigenvalue weighted by Crippen LogP contribution is 2.06. The van der Waals surface area contributed by atoms with E-state index < -0.39 is 0 Å². The maximum atomic E-state index is 10.8. The Bertz CT molecular complexity index is 292. The molecule has 1 rings (SSSR count). The minimum atomic E-state index is -0.146. The zero-order chi connectivity index (χ0) is 11.6. The Hall–Kier alpha value is -0.820. The fourth-order valence-corrected chi connectivity index (χ4v) is 2.68. The van der Waals surface area contributed by atoms with Crippen molar-refractivity contribution in [2.24, 2.45) is 0 Å². The first-order valence-electron chi connectivity index (χ1n) is 4.97. The highest BCUT2D eigenvalue weighted by Gasteiger charge is 1.97. The van der Waals surface area contributed by atoms with Crippen molar-refractivity contribution in [1.82, 2.24) is 20.0 Å². The van der Waals surface area contributed by atoms with Crippen molar-refractivity contribution in [3.8, 4) is 0 Å². The van der Waals surface area contributed by atoms with Gasteiger partial charge in [-0.3, -0.25) is 4.72 Å². The molecule has 7 heteroatoms. The largest absolute Gasteiger partial charge is 0.348 e. The molecule has 0 unspecified atom stereocenters. The molecule has 1 aromatic rings. The summed E-state index contributed by atoms with van der Waals surface area (Å²) >= 11 is 3.30. The molecule has 0 saturated carbocycles. The topological polar surface area (TPSA) is 69.8 Å². The molecule has 90 valence electrons. The number of aromatic amines is 1. The summed E-state index contributed by atoms with van der Waals surface area (Å²) in [5, 5.41) is 2.50. The van der Waals surface area contributed by atoms with Gasteiger partial charge in [0.15, 0.2) is 0 Å². The van der Waals surface area contributed by atoms with Gasteiger partial charge in [0.05, 0.1) is 6.33 Å². The van der Waals surface area contributed by atoms with Gasteiger partial charge in [-0.2, -0.15) is 11.8 Å². The van der Waals surface area contributed by atoms with Gasteiger partial charge in [-0.1, -0.05) is 0 Å². The summed E-state index contributed by atoms with van der Waals surface area (Å²) in [6, 6.07) is -0.146. The van der Waals surface area contributed by atoms with Crippen LogP contribution in [0.2, 0.25) is 0 Å². The van der Waals surface area contributed by atoms with Gasteiger partial charge in [-0.15, -0.1) is 0 Å². The minimum Gasteiger partial charge on any atom is -0.348 e. The Labute approximate surface area is 104 Å². The average Bonchev–Trinajstić information content (AvgIpc) is 2.80. The molecule has 0 saturated heterocycles. The Morgan fingerprint density at radius 2 is 2.38 bits per heavy atom. The van der Waals surface area contributed by atoms with Crippen LogP contribution in [0.1, 0.15) is 5.69 Å². The number of hydrogen-bond acceptors (Lipinski definition) is 4. The summed E-state index contributed by atoms with van der Waals surface area (Å²) < 4.78 is 2.67. The first-order valence-corrected chi connectivity index (χ1v) is 7.11. The van der Waals surface area contributed by atoms with Crippen LogP contribution < -0.4 is 10.0 Å². The van der Waals surface area contributed by atoms with Crippen molar-refractivity contribution >= 4 is 29.7 Å². The van der Waals surface area contributed by atoms with Crippen LogP contribution in [0.25, 0.3) is 0 Å². The number of H-pyrrole nitrogens is 1. The molecule has 2 amide bonds. The second kappa shape index (κ2) is 8.35. The van der Waals surface area contributed by atoms with E-state index in [1.54, 1.807) is 13.4 Å². The first kappa shape index (κ1) is 13.2. The van der Waals surface area contributed by atoms with E-state index in [0.29, 0.717) is 0 Å². The fraction of sp³-hybridized carbons (Fsp3) is 0.556. The van der Waals surface area contributed by atoms with Crippen LogP contribution in [0.5, 0.6) is 0 Å². The zero-order valence-electron chi connectivity index (χ0n) is 9.16. The summed E-state index contributed by atoms with van der Waals surface area (Å²) in [5.74, 6) is 3.02. The van der Waals surface area contributed by atoms with Crippen LogP contribution in [0.15, 0.2) is 12.5 Å². The smallest absolute Gasteiger partial charge is 0.324 e. The van der Waals surface area contributed by atoms with E-state index in [4.69, 9.17) is 0 Å². The third kappa shape index (κ3) is 5.92. The summed E-state index contributed by atoms with van der Waals surface area (Å²) in [6.07, 6.45) is 4.56. The van der Waals surface area contributed by atoms with Gasteiger partial charge in [0, 0.05) is 30.4 Å². The van der Waals surface area contributed by atoms with Gasteiger partial charge in [0.1, 0.15) is 0 Å². The zero-order valence-corrected chi connectivity index (χ0v) is 10.8. The quantitative estimate of drug-likeness (QED) is 0.510. The predicted octanol–water partition coefficient (Wildman–Crippen LogP) is 1.26. The molecule has 0 spiro atoms. The maximum absolute atomic E-state index is 10.8. The lowest BCUT2D eigenvalue weighted by Crippen LogP contribution is -2.27. The fourth-order valence-electron chi connectivity index (χ4n) is 0.974. The number of nitrogens with zero attached hydrogens (tertiary/aromatic N) is 1. The molecule has 0 atom stereocenters. The number of imidazole rings is 1. The van der Waals surface area contributed by atoms with Crippen LogP contribution in [-0.2, 0) is 6.42 Å². The molecule has 5 nitrogen and oxygen atoms in total. The van der Waals surface area contributed by atoms with Gasteiger partial charge < -0.3 is 10.3 Å². The van der Waals surface area contributed by atoms with Crippen molar-refractivity contribution in [2.45, 2.75) is 6.42 Å². The molecule has 1 aromatic heterocycles. The van der Waals surface area contributed by atoms with Crippen molar-refractivity contribution in [3.05, 3.63) is 18.2 Å². The Balaban J connectivity index is 1.87. The van der Waals surface area contributed by atoms with Gasteiger partial charge in [0.2, 0.25) is 0 Å².